The lowest BCUT2D eigenvalue weighted by Gasteiger charge is -2.06. The fourth-order valence-electron chi connectivity index (χ4n) is 1.64. The molecule has 0 amide bonds. The number of ketones is 1. The van der Waals surface area contributed by atoms with Crippen molar-refractivity contribution >= 4 is 17.3 Å². The topological polar surface area (TPSA) is 87.1 Å². The summed E-state index contributed by atoms with van der Waals surface area (Å²) in [5.74, 6) is 0.135. The zero-order valence-corrected chi connectivity index (χ0v) is 12.2. The lowest BCUT2D eigenvalue weighted by Crippen LogP contribution is -2.09. The number of nitrogens with zero attached hydrogens (tertiary/aromatic N) is 4. The van der Waals surface area contributed by atoms with Crippen LogP contribution in [0.3, 0.4) is 0 Å². The van der Waals surface area contributed by atoms with Crippen molar-refractivity contribution in [3.8, 4) is 11.8 Å². The highest BCUT2D eigenvalue weighted by Gasteiger charge is 2.23. The average Bonchev–Trinajstić information content (AvgIpc) is 2.94. The molecule has 0 saturated carbocycles. The van der Waals surface area contributed by atoms with Crippen LogP contribution in [0.25, 0.3) is 0 Å². The third-order valence-corrected chi connectivity index (χ3v) is 3.35. The molecule has 8 heteroatoms. The lowest BCUT2D eigenvalue weighted by atomic mass is 10.1. The summed E-state index contributed by atoms with van der Waals surface area (Å²) in [6.45, 7) is 2.02. The summed E-state index contributed by atoms with van der Waals surface area (Å²) in [6, 6.07) is 0. The van der Waals surface area contributed by atoms with E-state index >= 15 is 0 Å². The Bertz CT molecular complexity index is 614. The van der Waals surface area contributed by atoms with Gasteiger partial charge in [-0.15, -0.1) is 5.10 Å². The molecule has 0 radical (unpaired) electrons. The Kier molecular flexibility index (Phi) is 4.57. The van der Waals surface area contributed by atoms with Gasteiger partial charge in [-0.3, -0.25) is 4.79 Å². The summed E-state index contributed by atoms with van der Waals surface area (Å²) in [7, 11) is 2.90. The lowest BCUT2D eigenvalue weighted by molar-refractivity contribution is 0.103. The number of rotatable bonds is 6. The van der Waals surface area contributed by atoms with Crippen LogP contribution in [-0.2, 0) is 6.42 Å². The molecule has 2 aromatic heterocycles. The van der Waals surface area contributed by atoms with Crippen molar-refractivity contribution in [2.24, 2.45) is 0 Å². The summed E-state index contributed by atoms with van der Waals surface area (Å²) < 4.78 is 13.9. The molecule has 0 N–H and O–H groups in total. The molecule has 0 aliphatic heterocycles. The molecule has 2 heterocycles. The van der Waals surface area contributed by atoms with Gasteiger partial charge in [0, 0.05) is 0 Å². The van der Waals surface area contributed by atoms with Crippen molar-refractivity contribution < 1.29 is 14.3 Å². The minimum Gasteiger partial charge on any atom is -0.480 e. The largest absolute Gasteiger partial charge is 0.480 e. The van der Waals surface area contributed by atoms with Gasteiger partial charge in [-0.25, -0.2) is 4.98 Å². The molecule has 7 nitrogen and oxygen atoms in total. The molecule has 20 heavy (non-hydrogen) atoms. The number of carbonyl (C=O) groups is 1. The Labute approximate surface area is 120 Å². The Balaban J connectivity index is 2.40. The van der Waals surface area contributed by atoms with E-state index in [2.05, 4.69) is 19.6 Å². The van der Waals surface area contributed by atoms with Crippen LogP contribution in [-0.4, -0.2) is 39.6 Å². The first-order chi connectivity index (χ1) is 9.71. The van der Waals surface area contributed by atoms with Gasteiger partial charge in [-0.2, -0.15) is 4.98 Å². The van der Waals surface area contributed by atoms with Crippen molar-refractivity contribution in [1.82, 2.24) is 19.6 Å². The Hall–Kier alpha value is -2.09. The van der Waals surface area contributed by atoms with Gasteiger partial charge in [-0.05, 0) is 18.0 Å². The summed E-state index contributed by atoms with van der Waals surface area (Å²) >= 11 is 1.06. The van der Waals surface area contributed by atoms with Gasteiger partial charge >= 0.3 is 0 Å². The zero-order valence-electron chi connectivity index (χ0n) is 11.4. The monoisotopic (exact) mass is 294 g/mol. The fraction of sp³-hybridized carbons (Fsp3) is 0.417. The smallest absolute Gasteiger partial charge is 0.247 e. The Morgan fingerprint density at radius 1 is 1.35 bits per heavy atom. The predicted molar refractivity (Wildman–Crippen MR) is 72.5 cm³/mol. The number of hydrogen-bond acceptors (Lipinski definition) is 8. The van der Waals surface area contributed by atoms with Crippen LogP contribution in [0.5, 0.6) is 11.8 Å². The van der Waals surface area contributed by atoms with Crippen LogP contribution >= 0.6 is 11.5 Å². The van der Waals surface area contributed by atoms with Gasteiger partial charge in [0.1, 0.15) is 4.88 Å². The standard InChI is InChI=1S/C12H14N4O3S/c1-4-5-7-11(20-16-15-7)10(17)9-12(19-3)14-8(18-2)6-13-9/h6H,4-5H2,1-3H3. The molecule has 2 rings (SSSR count). The predicted octanol–water partition coefficient (Wildman–Crippen LogP) is 1.53. The summed E-state index contributed by atoms with van der Waals surface area (Å²) in [5.41, 5.74) is 0.818. The van der Waals surface area contributed by atoms with Crippen molar-refractivity contribution in [1.29, 1.82) is 0 Å². The van der Waals surface area contributed by atoms with E-state index in [-0.39, 0.29) is 23.2 Å². The van der Waals surface area contributed by atoms with E-state index in [1.165, 1.54) is 20.4 Å². The highest BCUT2D eigenvalue weighted by Crippen LogP contribution is 2.23. The molecule has 0 aromatic carbocycles. The molecular formula is C12H14N4O3S. The third kappa shape index (κ3) is 2.74. The van der Waals surface area contributed by atoms with Crippen molar-refractivity contribution in [3.63, 3.8) is 0 Å². The van der Waals surface area contributed by atoms with Crippen LogP contribution in [0, 0.1) is 0 Å². The second-order valence-electron chi connectivity index (χ2n) is 3.90. The molecule has 2 aromatic rings. The number of aromatic nitrogens is 4. The van der Waals surface area contributed by atoms with Gasteiger partial charge in [0.05, 0.1) is 26.1 Å². The van der Waals surface area contributed by atoms with Gasteiger partial charge in [0.15, 0.2) is 5.69 Å². The third-order valence-electron chi connectivity index (χ3n) is 2.58. The second-order valence-corrected chi connectivity index (χ2v) is 4.65. The molecule has 0 unspecified atom stereocenters. The average molecular weight is 294 g/mol. The number of aryl methyl sites for hydroxylation is 1. The van der Waals surface area contributed by atoms with E-state index in [9.17, 15) is 4.79 Å². The Morgan fingerprint density at radius 3 is 2.80 bits per heavy atom. The van der Waals surface area contributed by atoms with Gasteiger partial charge in [0.2, 0.25) is 17.5 Å². The van der Waals surface area contributed by atoms with Gasteiger partial charge in [-0.1, -0.05) is 17.8 Å². The highest BCUT2D eigenvalue weighted by molar-refractivity contribution is 7.08. The summed E-state index contributed by atoms with van der Waals surface area (Å²) in [6.07, 6.45) is 2.96. The molecule has 0 aliphatic carbocycles. The quantitative estimate of drug-likeness (QED) is 0.746. The van der Waals surface area contributed by atoms with Crippen molar-refractivity contribution in [2.45, 2.75) is 19.8 Å². The molecule has 0 fully saturated rings. The molecule has 106 valence electrons. The minimum atomic E-state index is -0.282. The first kappa shape index (κ1) is 14.3. The van der Waals surface area contributed by atoms with Crippen LogP contribution in [0.1, 0.15) is 34.4 Å². The highest BCUT2D eigenvalue weighted by atomic mass is 32.1. The number of hydrogen-bond donors (Lipinski definition) is 0. The van der Waals surface area contributed by atoms with E-state index in [0.717, 1.165) is 18.0 Å². The van der Waals surface area contributed by atoms with Crippen molar-refractivity contribution in [3.05, 3.63) is 22.5 Å². The van der Waals surface area contributed by atoms with Crippen LogP contribution in [0.15, 0.2) is 6.20 Å². The minimum absolute atomic E-state index is 0.130. The van der Waals surface area contributed by atoms with Crippen molar-refractivity contribution in [2.75, 3.05) is 14.2 Å². The van der Waals surface area contributed by atoms with Gasteiger partial charge in [0.25, 0.3) is 0 Å². The van der Waals surface area contributed by atoms with E-state index in [1.54, 1.807) is 0 Å². The Morgan fingerprint density at radius 2 is 2.15 bits per heavy atom. The number of ether oxygens (including phenoxy) is 2. The summed E-state index contributed by atoms with van der Waals surface area (Å²) in [5, 5.41) is 3.98. The summed E-state index contributed by atoms with van der Waals surface area (Å²) in [4.78, 5) is 21.1. The van der Waals surface area contributed by atoms with E-state index in [0.29, 0.717) is 17.0 Å². The second kappa shape index (κ2) is 6.38. The maximum absolute atomic E-state index is 12.5. The first-order valence-electron chi connectivity index (χ1n) is 6.02. The molecule has 0 bridgehead atoms. The SMILES string of the molecule is CCCc1nnsc1C(=O)c1ncc(OC)nc1OC. The zero-order chi connectivity index (χ0) is 14.5. The number of carbonyl (C=O) groups excluding carboxylic acids is 1. The fourth-order valence-corrected chi connectivity index (χ4v) is 2.29. The molecule has 0 atom stereocenters. The van der Waals surface area contributed by atoms with E-state index in [1.807, 2.05) is 6.92 Å². The van der Waals surface area contributed by atoms with E-state index in [4.69, 9.17) is 9.47 Å². The van der Waals surface area contributed by atoms with Crippen LogP contribution in [0.4, 0.5) is 0 Å². The molecule has 0 aliphatic rings. The number of methoxy groups -OCH3 is 2. The molecular weight excluding hydrogens is 280 g/mol. The normalized spacial score (nSPS) is 10.3. The maximum atomic E-state index is 12.5. The first-order valence-corrected chi connectivity index (χ1v) is 6.79. The molecule has 0 spiro atoms. The van der Waals surface area contributed by atoms with Gasteiger partial charge < -0.3 is 9.47 Å². The van der Waals surface area contributed by atoms with Crippen LogP contribution in [0.2, 0.25) is 0 Å². The molecule has 0 saturated heterocycles. The van der Waals surface area contributed by atoms with Crippen LogP contribution < -0.4 is 9.47 Å². The maximum Gasteiger partial charge on any atom is 0.247 e. The van der Waals surface area contributed by atoms with E-state index < -0.39 is 0 Å².